The maximum absolute atomic E-state index is 13.1. The first-order valence-corrected chi connectivity index (χ1v) is 11.5. The zero-order valence-corrected chi connectivity index (χ0v) is 20.7. The van der Waals surface area contributed by atoms with Gasteiger partial charge in [-0.15, -0.1) is 0 Å². The van der Waals surface area contributed by atoms with Crippen molar-refractivity contribution in [1.82, 2.24) is 15.3 Å². The molecule has 0 aliphatic heterocycles. The summed E-state index contributed by atoms with van der Waals surface area (Å²) in [6, 6.07) is 10.3. The Hall–Kier alpha value is -2.84. The molecule has 2 atom stereocenters. The van der Waals surface area contributed by atoms with Crippen LogP contribution in [0, 0.1) is 0 Å². The van der Waals surface area contributed by atoms with Gasteiger partial charge in [-0.2, -0.15) is 13.2 Å². The number of aromatic nitrogens is 2. The molecule has 1 amide bonds. The molecule has 3 rings (SSSR count). The zero-order chi connectivity index (χ0) is 25.8. The fourth-order valence-corrected chi connectivity index (χ4v) is 3.83. The first-order chi connectivity index (χ1) is 16.3. The van der Waals surface area contributed by atoms with Crippen LogP contribution in [0.2, 0.25) is 10.0 Å². The lowest BCUT2D eigenvalue weighted by molar-refractivity contribution is -0.138. The van der Waals surface area contributed by atoms with Crippen molar-refractivity contribution in [3.05, 3.63) is 87.8 Å². The molecule has 1 N–H and O–H groups in total. The van der Waals surface area contributed by atoms with E-state index in [1.165, 1.54) is 20.0 Å². The normalized spacial score (nSPS) is 13.7. The topological polar surface area (TPSA) is 64.1 Å². The van der Waals surface area contributed by atoms with Gasteiger partial charge in [0, 0.05) is 41.6 Å². The lowest BCUT2D eigenvalue weighted by Gasteiger charge is -2.30. The molecule has 10 heteroatoms. The van der Waals surface area contributed by atoms with Crippen LogP contribution in [0.3, 0.4) is 0 Å². The number of hydrogen-bond acceptors (Lipinski definition) is 4. The Morgan fingerprint density at radius 3 is 2.37 bits per heavy atom. The lowest BCUT2D eigenvalue weighted by Crippen LogP contribution is -2.51. The van der Waals surface area contributed by atoms with Crippen molar-refractivity contribution in [3.63, 3.8) is 0 Å². The van der Waals surface area contributed by atoms with Gasteiger partial charge in [-0.1, -0.05) is 35.3 Å². The van der Waals surface area contributed by atoms with Gasteiger partial charge in [0.2, 0.25) is 5.88 Å². The molecule has 5 nitrogen and oxygen atoms in total. The summed E-state index contributed by atoms with van der Waals surface area (Å²) in [6.07, 6.45) is 0.192. The third-order valence-corrected chi connectivity index (χ3v) is 5.91. The van der Waals surface area contributed by atoms with Crippen molar-refractivity contribution in [3.8, 4) is 5.88 Å². The number of carbonyl (C=O) groups is 1. The van der Waals surface area contributed by atoms with Crippen molar-refractivity contribution < 1.29 is 22.7 Å². The van der Waals surface area contributed by atoms with Crippen LogP contribution < -0.4 is 10.1 Å². The van der Waals surface area contributed by atoms with Gasteiger partial charge in [0.05, 0.1) is 10.6 Å². The average molecular weight is 526 g/mol. The van der Waals surface area contributed by atoms with E-state index in [1.54, 1.807) is 24.4 Å². The van der Waals surface area contributed by atoms with Gasteiger partial charge >= 0.3 is 6.18 Å². The number of nitrogens with one attached hydrogen (secondary N) is 1. The lowest BCUT2D eigenvalue weighted by atomic mass is 9.87. The van der Waals surface area contributed by atoms with Gasteiger partial charge < -0.3 is 10.1 Å². The number of hydrogen-bond donors (Lipinski definition) is 1. The molecule has 0 aliphatic rings. The van der Waals surface area contributed by atoms with E-state index >= 15 is 0 Å². The van der Waals surface area contributed by atoms with E-state index in [4.69, 9.17) is 27.9 Å². The minimum absolute atomic E-state index is 0.214. The van der Waals surface area contributed by atoms with E-state index in [9.17, 15) is 18.0 Å². The highest BCUT2D eigenvalue weighted by Crippen LogP contribution is 2.32. The first-order valence-electron chi connectivity index (χ1n) is 10.7. The molecule has 3 aromatic rings. The van der Waals surface area contributed by atoms with Gasteiger partial charge in [0.15, 0.2) is 5.60 Å². The predicted molar refractivity (Wildman–Crippen MR) is 129 cm³/mol. The second kappa shape index (κ2) is 10.8. The van der Waals surface area contributed by atoms with Gasteiger partial charge in [-0.05, 0) is 62.6 Å². The highest BCUT2D eigenvalue weighted by molar-refractivity contribution is 6.30. The highest BCUT2D eigenvalue weighted by Gasteiger charge is 2.35. The number of halogens is 5. The van der Waals surface area contributed by atoms with Crippen LogP contribution in [-0.4, -0.2) is 27.5 Å². The molecule has 186 valence electrons. The summed E-state index contributed by atoms with van der Waals surface area (Å²) in [6.45, 7) is 4.76. The number of pyridine rings is 2. The first kappa shape index (κ1) is 26.8. The number of alkyl halides is 3. The summed E-state index contributed by atoms with van der Waals surface area (Å²) < 4.78 is 44.6. The van der Waals surface area contributed by atoms with Crippen LogP contribution in [0.5, 0.6) is 5.88 Å². The standard InChI is InChI=1S/C25H24Cl2F3N3O2/c1-15(21(17-11-20(27)14-31-13-17)10-16-4-6-19(26)7-5-16)33-23(34)24(2,3)35-22-12-18(8-9-32-22)25(28,29)30/h4-9,11-15,21H,10H2,1-3H3,(H,33,34). The van der Waals surface area contributed by atoms with Crippen molar-refractivity contribution in [1.29, 1.82) is 0 Å². The third-order valence-electron chi connectivity index (χ3n) is 5.45. The van der Waals surface area contributed by atoms with Crippen molar-refractivity contribution in [2.45, 2.75) is 50.9 Å². The molecule has 0 spiro atoms. The third kappa shape index (κ3) is 7.32. The van der Waals surface area contributed by atoms with Crippen LogP contribution in [0.4, 0.5) is 13.2 Å². The van der Waals surface area contributed by atoms with Crippen LogP contribution in [-0.2, 0) is 17.4 Å². The molecule has 0 radical (unpaired) electrons. The minimum atomic E-state index is -4.55. The molecule has 0 fully saturated rings. The van der Waals surface area contributed by atoms with Crippen LogP contribution in [0.15, 0.2) is 61.1 Å². The second-order valence-electron chi connectivity index (χ2n) is 8.63. The number of benzene rings is 1. The summed E-state index contributed by atoms with van der Waals surface area (Å²) in [5, 5.41) is 3.99. The molecule has 0 saturated heterocycles. The van der Waals surface area contributed by atoms with E-state index in [-0.39, 0.29) is 11.8 Å². The number of amides is 1. The molecule has 0 saturated carbocycles. The largest absolute Gasteiger partial charge is 0.462 e. The van der Waals surface area contributed by atoms with Crippen LogP contribution >= 0.6 is 23.2 Å². The number of nitrogens with zero attached hydrogens (tertiary/aromatic N) is 2. The predicted octanol–water partition coefficient (Wildman–Crippen LogP) is 6.49. The van der Waals surface area contributed by atoms with Gasteiger partial charge in [0.25, 0.3) is 5.91 Å². The Morgan fingerprint density at radius 2 is 1.74 bits per heavy atom. The van der Waals surface area contributed by atoms with E-state index in [1.807, 2.05) is 19.1 Å². The summed E-state index contributed by atoms with van der Waals surface area (Å²) in [7, 11) is 0. The monoisotopic (exact) mass is 525 g/mol. The van der Waals surface area contributed by atoms with E-state index in [0.717, 1.165) is 29.5 Å². The smallest absolute Gasteiger partial charge is 0.416 e. The summed E-state index contributed by atoms with van der Waals surface area (Å²) >= 11 is 12.2. The van der Waals surface area contributed by atoms with Gasteiger partial charge in [-0.3, -0.25) is 9.78 Å². The van der Waals surface area contributed by atoms with Crippen molar-refractivity contribution in [2.75, 3.05) is 0 Å². The van der Waals surface area contributed by atoms with Gasteiger partial charge in [-0.25, -0.2) is 4.98 Å². The molecule has 0 aliphatic carbocycles. The second-order valence-corrected chi connectivity index (χ2v) is 9.50. The van der Waals surface area contributed by atoms with Gasteiger partial charge in [0.1, 0.15) is 0 Å². The average Bonchev–Trinajstić information content (AvgIpc) is 2.78. The Bertz CT molecular complexity index is 1170. The molecule has 2 aromatic heterocycles. The van der Waals surface area contributed by atoms with E-state index in [2.05, 4.69) is 15.3 Å². The van der Waals surface area contributed by atoms with Crippen LogP contribution in [0.25, 0.3) is 0 Å². The fraction of sp³-hybridized carbons (Fsp3) is 0.320. The molecule has 2 unspecified atom stereocenters. The fourth-order valence-electron chi connectivity index (χ4n) is 3.52. The zero-order valence-electron chi connectivity index (χ0n) is 19.2. The quantitative estimate of drug-likeness (QED) is 0.365. The summed E-state index contributed by atoms with van der Waals surface area (Å²) in [4.78, 5) is 21.1. The summed E-state index contributed by atoms with van der Waals surface area (Å²) in [5.41, 5.74) is -0.602. The van der Waals surface area contributed by atoms with Crippen molar-refractivity contribution in [2.24, 2.45) is 0 Å². The maximum atomic E-state index is 13.1. The molecular weight excluding hydrogens is 502 g/mol. The minimum Gasteiger partial charge on any atom is -0.462 e. The number of ether oxygens (including phenoxy) is 1. The SMILES string of the molecule is CC(NC(=O)C(C)(C)Oc1cc(C(F)(F)F)ccn1)C(Cc1ccc(Cl)cc1)c1cncc(Cl)c1. The number of rotatable bonds is 8. The summed E-state index contributed by atoms with van der Waals surface area (Å²) in [5.74, 6) is -1.03. The Labute approximate surface area is 211 Å². The molecule has 0 bridgehead atoms. The van der Waals surface area contributed by atoms with Crippen molar-refractivity contribution >= 4 is 29.1 Å². The maximum Gasteiger partial charge on any atom is 0.416 e. The Balaban J connectivity index is 1.79. The molecule has 2 heterocycles. The molecule has 35 heavy (non-hydrogen) atoms. The van der Waals surface area contributed by atoms with E-state index < -0.39 is 29.3 Å². The highest BCUT2D eigenvalue weighted by atomic mass is 35.5. The molecular formula is C25H24Cl2F3N3O2. The molecule has 1 aromatic carbocycles. The van der Waals surface area contributed by atoms with E-state index in [0.29, 0.717) is 16.5 Å². The van der Waals surface area contributed by atoms with Crippen LogP contribution in [0.1, 0.15) is 43.4 Å². The Kier molecular flexibility index (Phi) is 8.28. The number of carbonyl (C=O) groups excluding carboxylic acids is 1. The Morgan fingerprint density at radius 1 is 1.06 bits per heavy atom.